The van der Waals surface area contributed by atoms with Gasteiger partial charge in [0.2, 0.25) is 0 Å². The first-order valence-corrected chi connectivity index (χ1v) is 9.54. The molecule has 6 heteroatoms. The third kappa shape index (κ3) is 3.80. The summed E-state index contributed by atoms with van der Waals surface area (Å²) in [5, 5.41) is 0.522. The lowest BCUT2D eigenvalue weighted by Crippen LogP contribution is -2.26. The number of carbonyl (C=O) groups excluding carboxylic acids is 1. The number of rotatable bonds is 6. The highest BCUT2D eigenvalue weighted by atomic mass is 16.5. The Morgan fingerprint density at radius 3 is 2.43 bits per heavy atom. The van der Waals surface area contributed by atoms with Crippen molar-refractivity contribution in [2.75, 3.05) is 13.7 Å². The standard InChI is InChI=1S/C24H20N2O4/c1-29-21-14-8-6-12-19(21)24(28)30-16-15-26-22(17-9-3-2-4-10-17)25-20-13-7-5-11-18(20)23(26)27/h2-14H,15-16H2,1H3. The second-order valence-electron chi connectivity index (χ2n) is 6.61. The molecule has 4 aromatic rings. The van der Waals surface area contributed by atoms with E-state index in [1.54, 1.807) is 41.0 Å². The van der Waals surface area contributed by atoms with Crippen molar-refractivity contribution in [1.29, 1.82) is 0 Å². The molecule has 6 nitrogen and oxygen atoms in total. The van der Waals surface area contributed by atoms with E-state index in [0.717, 1.165) is 5.56 Å². The van der Waals surface area contributed by atoms with E-state index in [2.05, 4.69) is 0 Å². The molecular weight excluding hydrogens is 380 g/mol. The number of para-hydroxylation sites is 2. The maximum atomic E-state index is 13.1. The van der Waals surface area contributed by atoms with Gasteiger partial charge >= 0.3 is 5.97 Å². The van der Waals surface area contributed by atoms with Crippen molar-refractivity contribution in [3.63, 3.8) is 0 Å². The monoisotopic (exact) mass is 400 g/mol. The molecule has 0 N–H and O–H groups in total. The third-order valence-corrected chi connectivity index (χ3v) is 4.77. The highest BCUT2D eigenvalue weighted by Gasteiger charge is 2.15. The average Bonchev–Trinajstić information content (AvgIpc) is 2.80. The fourth-order valence-electron chi connectivity index (χ4n) is 3.30. The van der Waals surface area contributed by atoms with E-state index in [1.165, 1.54) is 7.11 Å². The number of fused-ring (bicyclic) bond motifs is 1. The van der Waals surface area contributed by atoms with Crippen LogP contribution in [0.2, 0.25) is 0 Å². The molecule has 3 aromatic carbocycles. The smallest absolute Gasteiger partial charge is 0.341 e. The molecular formula is C24H20N2O4. The van der Waals surface area contributed by atoms with Crippen molar-refractivity contribution in [3.8, 4) is 17.1 Å². The number of hydrogen-bond donors (Lipinski definition) is 0. The van der Waals surface area contributed by atoms with Gasteiger partial charge in [0, 0.05) is 5.56 Å². The normalized spacial score (nSPS) is 10.7. The molecule has 4 rings (SSSR count). The molecule has 0 amide bonds. The van der Waals surface area contributed by atoms with Crippen LogP contribution in [0, 0.1) is 0 Å². The van der Waals surface area contributed by atoms with E-state index < -0.39 is 5.97 Å². The summed E-state index contributed by atoms with van der Waals surface area (Å²) >= 11 is 0. The van der Waals surface area contributed by atoms with E-state index in [-0.39, 0.29) is 18.7 Å². The first-order valence-electron chi connectivity index (χ1n) is 9.54. The minimum atomic E-state index is -0.504. The lowest BCUT2D eigenvalue weighted by atomic mass is 10.2. The lowest BCUT2D eigenvalue weighted by molar-refractivity contribution is 0.0487. The van der Waals surface area contributed by atoms with Crippen LogP contribution < -0.4 is 10.3 Å². The van der Waals surface area contributed by atoms with Gasteiger partial charge in [0.15, 0.2) is 0 Å². The van der Waals surface area contributed by atoms with Crippen LogP contribution in [0.3, 0.4) is 0 Å². The van der Waals surface area contributed by atoms with Crippen molar-refractivity contribution in [2.45, 2.75) is 6.54 Å². The number of aromatic nitrogens is 2. The first kappa shape index (κ1) is 19.4. The van der Waals surface area contributed by atoms with Gasteiger partial charge in [-0.05, 0) is 24.3 Å². The van der Waals surface area contributed by atoms with E-state index in [9.17, 15) is 9.59 Å². The van der Waals surface area contributed by atoms with Crippen molar-refractivity contribution >= 4 is 16.9 Å². The SMILES string of the molecule is COc1ccccc1C(=O)OCCn1c(-c2ccccc2)nc2ccccc2c1=O. The predicted octanol–water partition coefficient (Wildman–Crippen LogP) is 3.93. The number of esters is 1. The molecule has 0 radical (unpaired) electrons. The summed E-state index contributed by atoms with van der Waals surface area (Å²) in [6, 6.07) is 23.6. The van der Waals surface area contributed by atoms with E-state index in [0.29, 0.717) is 28.0 Å². The Labute approximate surface area is 173 Å². The minimum absolute atomic E-state index is 0.0244. The van der Waals surface area contributed by atoms with Gasteiger partial charge in [-0.15, -0.1) is 0 Å². The Kier molecular flexibility index (Phi) is 5.57. The van der Waals surface area contributed by atoms with Crippen LogP contribution in [0.25, 0.3) is 22.3 Å². The molecule has 0 saturated carbocycles. The van der Waals surface area contributed by atoms with E-state index in [4.69, 9.17) is 14.5 Å². The molecule has 0 spiro atoms. The van der Waals surface area contributed by atoms with Crippen LogP contribution >= 0.6 is 0 Å². The number of methoxy groups -OCH3 is 1. The third-order valence-electron chi connectivity index (χ3n) is 4.77. The van der Waals surface area contributed by atoms with Crippen LogP contribution in [0.1, 0.15) is 10.4 Å². The van der Waals surface area contributed by atoms with Gasteiger partial charge in [0.25, 0.3) is 5.56 Å². The molecule has 0 aliphatic carbocycles. The number of carbonyl (C=O) groups is 1. The maximum absolute atomic E-state index is 13.1. The molecule has 1 aromatic heterocycles. The fourth-order valence-corrected chi connectivity index (χ4v) is 3.30. The maximum Gasteiger partial charge on any atom is 0.341 e. The molecule has 30 heavy (non-hydrogen) atoms. The van der Waals surface area contributed by atoms with Crippen LogP contribution in [0.15, 0.2) is 83.7 Å². The van der Waals surface area contributed by atoms with Gasteiger partial charge in [-0.25, -0.2) is 9.78 Å². The van der Waals surface area contributed by atoms with Gasteiger partial charge in [0.1, 0.15) is 23.7 Å². The van der Waals surface area contributed by atoms with Gasteiger partial charge in [-0.3, -0.25) is 9.36 Å². The molecule has 0 fully saturated rings. The Hall–Kier alpha value is -3.93. The number of benzene rings is 3. The summed E-state index contributed by atoms with van der Waals surface area (Å²) in [4.78, 5) is 30.3. The van der Waals surface area contributed by atoms with Crippen molar-refractivity contribution in [2.24, 2.45) is 0 Å². The van der Waals surface area contributed by atoms with Gasteiger partial charge < -0.3 is 9.47 Å². The highest BCUT2D eigenvalue weighted by Crippen LogP contribution is 2.20. The first-order chi connectivity index (χ1) is 14.7. The zero-order chi connectivity index (χ0) is 20.9. The van der Waals surface area contributed by atoms with Crippen LogP contribution in [-0.4, -0.2) is 29.2 Å². The van der Waals surface area contributed by atoms with E-state index >= 15 is 0 Å². The number of nitrogens with zero attached hydrogens (tertiary/aromatic N) is 2. The number of ether oxygens (including phenoxy) is 2. The quantitative estimate of drug-likeness (QED) is 0.459. The Morgan fingerprint density at radius 1 is 0.933 bits per heavy atom. The van der Waals surface area contributed by atoms with Crippen LogP contribution in [-0.2, 0) is 11.3 Å². The minimum Gasteiger partial charge on any atom is -0.496 e. The molecule has 0 bridgehead atoms. The fraction of sp³-hybridized carbons (Fsp3) is 0.125. The molecule has 0 saturated heterocycles. The second-order valence-corrected chi connectivity index (χ2v) is 6.61. The molecule has 0 unspecified atom stereocenters. The van der Waals surface area contributed by atoms with Gasteiger partial charge in [-0.1, -0.05) is 54.6 Å². The zero-order valence-corrected chi connectivity index (χ0v) is 16.4. The molecule has 0 atom stereocenters. The Balaban J connectivity index is 1.64. The second kappa shape index (κ2) is 8.61. The van der Waals surface area contributed by atoms with E-state index in [1.807, 2.05) is 42.5 Å². The lowest BCUT2D eigenvalue weighted by Gasteiger charge is -2.14. The van der Waals surface area contributed by atoms with Crippen LogP contribution in [0.4, 0.5) is 0 Å². The van der Waals surface area contributed by atoms with Crippen molar-refractivity contribution in [3.05, 3.63) is 94.8 Å². The summed E-state index contributed by atoms with van der Waals surface area (Å²) in [5.41, 5.74) is 1.61. The van der Waals surface area contributed by atoms with Crippen molar-refractivity contribution in [1.82, 2.24) is 9.55 Å². The van der Waals surface area contributed by atoms with Gasteiger partial charge in [-0.2, -0.15) is 0 Å². The molecule has 0 aliphatic rings. The number of hydrogen-bond acceptors (Lipinski definition) is 5. The zero-order valence-electron chi connectivity index (χ0n) is 16.4. The molecule has 150 valence electrons. The summed E-state index contributed by atoms with van der Waals surface area (Å²) in [7, 11) is 1.50. The summed E-state index contributed by atoms with van der Waals surface area (Å²) in [6.45, 7) is 0.207. The highest BCUT2D eigenvalue weighted by molar-refractivity contribution is 5.92. The van der Waals surface area contributed by atoms with Crippen LogP contribution in [0.5, 0.6) is 5.75 Å². The predicted molar refractivity (Wildman–Crippen MR) is 115 cm³/mol. The summed E-state index contributed by atoms with van der Waals surface area (Å²) in [5.74, 6) is 0.472. The average molecular weight is 400 g/mol. The summed E-state index contributed by atoms with van der Waals surface area (Å²) < 4.78 is 12.2. The topological polar surface area (TPSA) is 70.4 Å². The summed E-state index contributed by atoms with van der Waals surface area (Å²) in [6.07, 6.45) is 0. The molecule has 1 heterocycles. The Bertz CT molecular complexity index is 1250. The van der Waals surface area contributed by atoms with Gasteiger partial charge in [0.05, 0.1) is 24.6 Å². The Morgan fingerprint density at radius 2 is 1.63 bits per heavy atom. The molecule has 0 aliphatic heterocycles. The van der Waals surface area contributed by atoms with Crippen molar-refractivity contribution < 1.29 is 14.3 Å². The largest absolute Gasteiger partial charge is 0.496 e.